The van der Waals surface area contributed by atoms with Gasteiger partial charge in [0.2, 0.25) is 0 Å². The van der Waals surface area contributed by atoms with Crippen molar-refractivity contribution in [1.82, 2.24) is 5.43 Å². The van der Waals surface area contributed by atoms with E-state index in [9.17, 15) is 19.7 Å². The smallest absolute Gasteiger partial charge is 0.282 e. The van der Waals surface area contributed by atoms with Crippen molar-refractivity contribution < 1.29 is 14.5 Å². The summed E-state index contributed by atoms with van der Waals surface area (Å²) in [6, 6.07) is 11.7. The molecule has 0 fully saturated rings. The van der Waals surface area contributed by atoms with Crippen LogP contribution in [0.1, 0.15) is 20.7 Å². The number of benzene rings is 2. The van der Waals surface area contributed by atoms with E-state index in [-0.39, 0.29) is 22.5 Å². The normalized spacial score (nSPS) is 9.86. The number of nitrogens with one attached hydrogen (secondary N) is 2. The van der Waals surface area contributed by atoms with Crippen molar-refractivity contribution >= 4 is 23.2 Å². The topological polar surface area (TPSA) is 127 Å². The standard InChI is InChI=1S/C14H12N4O4/c15-17-14(20)9-5-1-3-7-11(9)16-13(19)10-6-2-4-8-12(10)18(21)22/h1-8H,15H2,(H,16,19)(H,17,20). The highest BCUT2D eigenvalue weighted by Crippen LogP contribution is 2.21. The molecule has 0 aliphatic heterocycles. The van der Waals surface area contributed by atoms with Crippen LogP contribution in [0.15, 0.2) is 48.5 Å². The summed E-state index contributed by atoms with van der Waals surface area (Å²) in [5.74, 6) is 3.80. The number of anilines is 1. The molecule has 4 N–H and O–H groups in total. The molecule has 0 heterocycles. The maximum atomic E-state index is 12.2. The van der Waals surface area contributed by atoms with E-state index >= 15 is 0 Å². The average Bonchev–Trinajstić information content (AvgIpc) is 2.54. The van der Waals surface area contributed by atoms with Gasteiger partial charge in [-0.2, -0.15) is 0 Å². The minimum absolute atomic E-state index is 0.101. The summed E-state index contributed by atoms with van der Waals surface area (Å²) in [6.45, 7) is 0. The van der Waals surface area contributed by atoms with E-state index in [1.807, 2.05) is 5.43 Å². The number of amides is 2. The lowest BCUT2D eigenvalue weighted by atomic mass is 10.1. The molecule has 0 radical (unpaired) electrons. The Labute approximate surface area is 125 Å². The molecule has 0 spiro atoms. The van der Waals surface area contributed by atoms with E-state index in [2.05, 4.69) is 5.32 Å². The summed E-state index contributed by atoms with van der Waals surface area (Å²) in [5, 5.41) is 13.4. The summed E-state index contributed by atoms with van der Waals surface area (Å²) < 4.78 is 0. The fourth-order valence-corrected chi connectivity index (χ4v) is 1.88. The quantitative estimate of drug-likeness (QED) is 0.341. The van der Waals surface area contributed by atoms with Crippen molar-refractivity contribution in [3.05, 3.63) is 69.8 Å². The highest BCUT2D eigenvalue weighted by molar-refractivity contribution is 6.10. The van der Waals surface area contributed by atoms with Crippen LogP contribution in [0.25, 0.3) is 0 Å². The van der Waals surface area contributed by atoms with Gasteiger partial charge < -0.3 is 5.32 Å². The van der Waals surface area contributed by atoms with Crippen LogP contribution in [0.3, 0.4) is 0 Å². The maximum absolute atomic E-state index is 12.2. The van der Waals surface area contributed by atoms with Gasteiger partial charge in [-0.25, -0.2) is 5.84 Å². The van der Waals surface area contributed by atoms with Gasteiger partial charge in [0.05, 0.1) is 16.2 Å². The minimum Gasteiger partial charge on any atom is -0.321 e. The van der Waals surface area contributed by atoms with Gasteiger partial charge in [-0.1, -0.05) is 24.3 Å². The number of nitro groups is 1. The summed E-state index contributed by atoms with van der Waals surface area (Å²) in [4.78, 5) is 34.2. The monoisotopic (exact) mass is 300 g/mol. The average molecular weight is 300 g/mol. The summed E-state index contributed by atoms with van der Waals surface area (Å²) in [5.41, 5.74) is 1.90. The molecular formula is C14H12N4O4. The number of hydrogen-bond acceptors (Lipinski definition) is 5. The van der Waals surface area contributed by atoms with Gasteiger partial charge in [-0.05, 0) is 18.2 Å². The predicted molar refractivity (Wildman–Crippen MR) is 79.1 cm³/mol. The van der Waals surface area contributed by atoms with Crippen LogP contribution < -0.4 is 16.6 Å². The van der Waals surface area contributed by atoms with Crippen molar-refractivity contribution in [3.8, 4) is 0 Å². The number of nitrogen functional groups attached to an aromatic ring is 1. The Morgan fingerprint density at radius 1 is 0.955 bits per heavy atom. The zero-order valence-electron chi connectivity index (χ0n) is 11.3. The zero-order chi connectivity index (χ0) is 16.1. The number of hydrazine groups is 1. The molecule has 8 heteroatoms. The molecule has 2 aromatic carbocycles. The minimum atomic E-state index is -0.690. The highest BCUT2D eigenvalue weighted by atomic mass is 16.6. The second-order valence-corrected chi connectivity index (χ2v) is 4.25. The van der Waals surface area contributed by atoms with Crippen molar-refractivity contribution in [1.29, 1.82) is 0 Å². The second-order valence-electron chi connectivity index (χ2n) is 4.25. The molecular weight excluding hydrogens is 288 g/mol. The molecule has 0 aliphatic carbocycles. The molecule has 0 saturated heterocycles. The number of carbonyl (C=O) groups is 2. The van der Waals surface area contributed by atoms with Crippen molar-refractivity contribution in [2.75, 3.05) is 5.32 Å². The lowest BCUT2D eigenvalue weighted by molar-refractivity contribution is -0.385. The molecule has 0 unspecified atom stereocenters. The number of nitro benzene ring substituents is 1. The molecule has 0 bridgehead atoms. The zero-order valence-corrected chi connectivity index (χ0v) is 11.3. The fourth-order valence-electron chi connectivity index (χ4n) is 1.88. The van der Waals surface area contributed by atoms with Crippen LogP contribution in [0, 0.1) is 10.1 Å². The maximum Gasteiger partial charge on any atom is 0.282 e. The third-order valence-electron chi connectivity index (χ3n) is 2.90. The van der Waals surface area contributed by atoms with Crippen LogP contribution in [0.2, 0.25) is 0 Å². The van der Waals surface area contributed by atoms with Gasteiger partial charge in [0.25, 0.3) is 17.5 Å². The second kappa shape index (κ2) is 6.46. The molecule has 112 valence electrons. The van der Waals surface area contributed by atoms with Gasteiger partial charge in [0.15, 0.2) is 0 Å². The number of rotatable bonds is 4. The Bertz CT molecular complexity index is 745. The number of nitrogens with two attached hydrogens (primary N) is 1. The first-order valence-electron chi connectivity index (χ1n) is 6.19. The number of hydrogen-bond donors (Lipinski definition) is 3. The van der Waals surface area contributed by atoms with Gasteiger partial charge >= 0.3 is 0 Å². The third kappa shape index (κ3) is 3.07. The highest BCUT2D eigenvalue weighted by Gasteiger charge is 2.20. The number of para-hydroxylation sites is 2. The van der Waals surface area contributed by atoms with E-state index < -0.39 is 16.7 Å². The van der Waals surface area contributed by atoms with Crippen LogP contribution in [0.4, 0.5) is 11.4 Å². The van der Waals surface area contributed by atoms with E-state index in [4.69, 9.17) is 5.84 Å². The lowest BCUT2D eigenvalue weighted by Gasteiger charge is -2.10. The molecule has 0 aromatic heterocycles. The molecule has 2 aromatic rings. The molecule has 2 rings (SSSR count). The molecule has 0 atom stereocenters. The van der Waals surface area contributed by atoms with Crippen LogP contribution in [-0.4, -0.2) is 16.7 Å². The predicted octanol–water partition coefficient (Wildman–Crippen LogP) is 1.45. The first-order chi connectivity index (χ1) is 10.5. The summed E-state index contributed by atoms with van der Waals surface area (Å²) in [6.07, 6.45) is 0. The first-order valence-corrected chi connectivity index (χ1v) is 6.19. The van der Waals surface area contributed by atoms with Gasteiger partial charge in [-0.15, -0.1) is 0 Å². The third-order valence-corrected chi connectivity index (χ3v) is 2.90. The fraction of sp³-hybridized carbons (Fsp3) is 0. The molecule has 0 saturated carbocycles. The Hall–Kier alpha value is -3.26. The molecule has 0 aliphatic rings. The van der Waals surface area contributed by atoms with Crippen LogP contribution in [-0.2, 0) is 0 Å². The summed E-state index contributed by atoms with van der Waals surface area (Å²) >= 11 is 0. The van der Waals surface area contributed by atoms with E-state index in [0.29, 0.717) is 0 Å². The Morgan fingerprint density at radius 3 is 2.18 bits per heavy atom. The summed E-state index contributed by atoms with van der Waals surface area (Å²) in [7, 11) is 0. The van der Waals surface area contributed by atoms with Crippen molar-refractivity contribution in [2.24, 2.45) is 5.84 Å². The van der Waals surface area contributed by atoms with Gasteiger partial charge in [0.1, 0.15) is 5.56 Å². The van der Waals surface area contributed by atoms with Crippen molar-refractivity contribution in [3.63, 3.8) is 0 Å². The van der Waals surface area contributed by atoms with Gasteiger partial charge in [0, 0.05) is 6.07 Å². The van der Waals surface area contributed by atoms with E-state index in [1.54, 1.807) is 12.1 Å². The Morgan fingerprint density at radius 2 is 1.55 bits per heavy atom. The SMILES string of the molecule is NNC(=O)c1ccccc1NC(=O)c1ccccc1[N+](=O)[O-]. The molecule has 2 amide bonds. The van der Waals surface area contributed by atoms with Crippen LogP contribution >= 0.6 is 0 Å². The number of carbonyl (C=O) groups excluding carboxylic acids is 2. The van der Waals surface area contributed by atoms with Crippen molar-refractivity contribution in [2.45, 2.75) is 0 Å². The van der Waals surface area contributed by atoms with Crippen LogP contribution in [0.5, 0.6) is 0 Å². The van der Waals surface area contributed by atoms with Gasteiger partial charge in [-0.3, -0.25) is 25.1 Å². The number of nitrogens with zero attached hydrogens (tertiary/aromatic N) is 1. The first kappa shape index (κ1) is 15.1. The Kier molecular flexibility index (Phi) is 4.44. The van der Waals surface area contributed by atoms with E-state index in [0.717, 1.165) is 0 Å². The largest absolute Gasteiger partial charge is 0.321 e. The van der Waals surface area contributed by atoms with E-state index in [1.165, 1.54) is 36.4 Å². The molecule has 8 nitrogen and oxygen atoms in total. The lowest BCUT2D eigenvalue weighted by Crippen LogP contribution is -2.31. The Balaban J connectivity index is 2.35. The molecule has 22 heavy (non-hydrogen) atoms.